The molecular formula is C9H14N2O7. The fourth-order valence-electron chi connectivity index (χ4n) is 0.846. The van der Waals surface area contributed by atoms with Crippen molar-refractivity contribution in [3.63, 3.8) is 0 Å². The Morgan fingerprint density at radius 3 is 1.89 bits per heavy atom. The van der Waals surface area contributed by atoms with Crippen LogP contribution in [-0.2, 0) is 4.79 Å². The van der Waals surface area contributed by atoms with Crippen LogP contribution in [0.4, 0.5) is 4.79 Å². The number of nitrogens with zero attached hydrogens (tertiary/aromatic N) is 2. The maximum Gasteiger partial charge on any atom is 0.367 e. The highest BCUT2D eigenvalue weighted by Crippen LogP contribution is 2.02. The molecule has 0 aromatic heterocycles. The van der Waals surface area contributed by atoms with Crippen molar-refractivity contribution in [3.05, 3.63) is 0 Å². The highest BCUT2D eigenvalue weighted by atomic mass is 16.4. The zero-order valence-electron chi connectivity index (χ0n) is 9.20. The second-order valence-corrected chi connectivity index (χ2v) is 3.20. The molecule has 0 aliphatic carbocycles. The SMILES string of the molecule is O=C1N=CC=N1.O=CC(O)C(O)C(O)C(O)CO. The van der Waals surface area contributed by atoms with Gasteiger partial charge in [-0.1, -0.05) is 0 Å². The maximum atomic E-state index is 9.90. The van der Waals surface area contributed by atoms with Crippen molar-refractivity contribution < 1.29 is 35.1 Å². The number of rotatable bonds is 5. The van der Waals surface area contributed by atoms with Crippen LogP contribution in [0.2, 0.25) is 0 Å². The highest BCUT2D eigenvalue weighted by molar-refractivity contribution is 6.25. The topological polar surface area (TPSA) is 160 Å². The number of hydrogen-bond donors (Lipinski definition) is 5. The summed E-state index contributed by atoms with van der Waals surface area (Å²) in [4.78, 5) is 26.2. The maximum absolute atomic E-state index is 9.90. The summed E-state index contributed by atoms with van der Waals surface area (Å²) in [5, 5.41) is 43.5. The van der Waals surface area contributed by atoms with Gasteiger partial charge in [0.25, 0.3) is 0 Å². The zero-order valence-corrected chi connectivity index (χ0v) is 9.20. The molecule has 0 aromatic rings. The van der Waals surface area contributed by atoms with Crippen LogP contribution in [0.5, 0.6) is 0 Å². The van der Waals surface area contributed by atoms with Crippen molar-refractivity contribution in [2.75, 3.05) is 6.61 Å². The molecule has 2 amide bonds. The minimum Gasteiger partial charge on any atom is -0.394 e. The third-order valence-electron chi connectivity index (χ3n) is 1.86. The molecule has 102 valence electrons. The average Bonchev–Trinajstić information content (AvgIpc) is 2.86. The lowest BCUT2D eigenvalue weighted by molar-refractivity contribution is -0.136. The van der Waals surface area contributed by atoms with Gasteiger partial charge in [-0.3, -0.25) is 0 Å². The standard InChI is InChI=1S/C6H12O6.C3H2N2O/c7-1-3(9)5(11)6(12)4(10)2-8;6-3-4-1-2-5-3/h1,3-6,8-12H,2H2;1-2H. The van der Waals surface area contributed by atoms with E-state index in [4.69, 9.17) is 25.5 Å². The summed E-state index contributed by atoms with van der Waals surface area (Å²) in [5.41, 5.74) is 0. The Morgan fingerprint density at radius 1 is 1.11 bits per heavy atom. The third kappa shape index (κ3) is 5.70. The first-order chi connectivity index (χ1) is 8.43. The van der Waals surface area contributed by atoms with Crippen molar-refractivity contribution in [2.24, 2.45) is 9.98 Å². The molecule has 0 spiro atoms. The number of urea groups is 1. The summed E-state index contributed by atoms with van der Waals surface area (Å²) in [6, 6.07) is -0.407. The Labute approximate surface area is 102 Å². The van der Waals surface area contributed by atoms with Gasteiger partial charge < -0.3 is 30.3 Å². The lowest BCUT2D eigenvalue weighted by Gasteiger charge is -2.22. The second kappa shape index (κ2) is 8.55. The average molecular weight is 262 g/mol. The van der Waals surface area contributed by atoms with Crippen LogP contribution in [0.15, 0.2) is 9.98 Å². The number of aldehydes is 1. The van der Waals surface area contributed by atoms with Gasteiger partial charge in [0.15, 0.2) is 6.29 Å². The molecule has 1 rings (SSSR count). The summed E-state index contributed by atoms with van der Waals surface area (Å²) in [6.45, 7) is -0.760. The Bertz CT molecular complexity index is 317. The molecule has 1 heterocycles. The fourth-order valence-corrected chi connectivity index (χ4v) is 0.846. The van der Waals surface area contributed by atoms with Gasteiger partial charge in [-0.25, -0.2) is 4.79 Å². The van der Waals surface area contributed by atoms with Gasteiger partial charge >= 0.3 is 6.03 Å². The summed E-state index contributed by atoms with van der Waals surface area (Å²) >= 11 is 0. The molecule has 1 aliphatic heterocycles. The summed E-state index contributed by atoms with van der Waals surface area (Å²) in [6.07, 6.45) is -4.11. The Morgan fingerprint density at radius 2 is 1.61 bits per heavy atom. The number of carbonyl (C=O) groups excluding carboxylic acids is 2. The van der Waals surface area contributed by atoms with Gasteiger partial charge in [0.05, 0.1) is 19.0 Å². The normalized spacial score (nSPS) is 19.7. The Kier molecular flexibility index (Phi) is 7.83. The van der Waals surface area contributed by atoms with Crippen LogP contribution >= 0.6 is 0 Å². The van der Waals surface area contributed by atoms with Gasteiger partial charge in [0, 0.05) is 0 Å². The predicted molar refractivity (Wildman–Crippen MR) is 59.6 cm³/mol. The molecule has 1 aliphatic rings. The van der Waals surface area contributed by atoms with Crippen molar-refractivity contribution in [1.82, 2.24) is 0 Å². The molecule has 9 heteroatoms. The van der Waals surface area contributed by atoms with Crippen molar-refractivity contribution in [3.8, 4) is 0 Å². The smallest absolute Gasteiger partial charge is 0.367 e. The van der Waals surface area contributed by atoms with Gasteiger partial charge in [0.2, 0.25) is 0 Å². The van der Waals surface area contributed by atoms with E-state index in [0.717, 1.165) is 0 Å². The van der Waals surface area contributed by atoms with Crippen LogP contribution in [-0.4, -0.2) is 81.3 Å². The number of carbonyl (C=O) groups is 2. The third-order valence-corrected chi connectivity index (χ3v) is 1.86. The van der Waals surface area contributed by atoms with E-state index in [-0.39, 0.29) is 6.29 Å². The van der Waals surface area contributed by atoms with Gasteiger partial charge in [-0.05, 0) is 0 Å². The largest absolute Gasteiger partial charge is 0.394 e. The van der Waals surface area contributed by atoms with Crippen LogP contribution in [0.3, 0.4) is 0 Å². The Hall–Kier alpha value is -1.52. The first-order valence-corrected chi connectivity index (χ1v) is 4.83. The summed E-state index contributed by atoms with van der Waals surface area (Å²) in [7, 11) is 0. The lowest BCUT2D eigenvalue weighted by Crippen LogP contribution is -2.46. The molecule has 0 saturated heterocycles. The molecule has 4 unspecified atom stereocenters. The van der Waals surface area contributed by atoms with Gasteiger partial charge in [-0.2, -0.15) is 9.98 Å². The second-order valence-electron chi connectivity index (χ2n) is 3.20. The molecule has 0 aromatic carbocycles. The van der Waals surface area contributed by atoms with Crippen LogP contribution in [0, 0.1) is 0 Å². The molecule has 0 fully saturated rings. The van der Waals surface area contributed by atoms with Gasteiger partial charge in [-0.15, -0.1) is 0 Å². The van der Waals surface area contributed by atoms with E-state index in [2.05, 4.69) is 9.98 Å². The molecule has 0 saturated carbocycles. The number of aliphatic hydroxyl groups is 5. The molecule has 0 bridgehead atoms. The zero-order chi connectivity index (χ0) is 14.1. The molecule has 0 radical (unpaired) electrons. The van der Waals surface area contributed by atoms with E-state index in [0.29, 0.717) is 0 Å². The van der Waals surface area contributed by atoms with Crippen LogP contribution < -0.4 is 0 Å². The Balaban J connectivity index is 0.000000397. The molecule has 4 atom stereocenters. The van der Waals surface area contributed by atoms with Crippen LogP contribution in [0.1, 0.15) is 0 Å². The number of hydrogen-bond acceptors (Lipinski definition) is 7. The number of amides is 2. The van der Waals surface area contributed by atoms with E-state index < -0.39 is 37.1 Å². The highest BCUT2D eigenvalue weighted by Gasteiger charge is 2.29. The minimum atomic E-state index is -1.79. The predicted octanol–water partition coefficient (Wildman–Crippen LogP) is -3.12. The summed E-state index contributed by atoms with van der Waals surface area (Å²) in [5.74, 6) is 0. The number of aliphatic imine (C=N–C) groups is 2. The van der Waals surface area contributed by atoms with E-state index in [1.54, 1.807) is 0 Å². The quantitative estimate of drug-likeness (QED) is 0.327. The van der Waals surface area contributed by atoms with Crippen molar-refractivity contribution in [2.45, 2.75) is 24.4 Å². The van der Waals surface area contributed by atoms with E-state index in [1.165, 1.54) is 12.4 Å². The summed E-state index contributed by atoms with van der Waals surface area (Å²) < 4.78 is 0. The number of aliphatic hydroxyl groups excluding tert-OH is 5. The molecular weight excluding hydrogens is 248 g/mol. The van der Waals surface area contributed by atoms with Gasteiger partial charge in [0.1, 0.15) is 24.4 Å². The monoisotopic (exact) mass is 262 g/mol. The lowest BCUT2D eigenvalue weighted by atomic mass is 10.0. The van der Waals surface area contributed by atoms with Crippen LogP contribution in [0.25, 0.3) is 0 Å². The fraction of sp³-hybridized carbons (Fsp3) is 0.556. The first kappa shape index (κ1) is 16.5. The van der Waals surface area contributed by atoms with Crippen molar-refractivity contribution >= 4 is 24.7 Å². The van der Waals surface area contributed by atoms with E-state index >= 15 is 0 Å². The molecule has 5 N–H and O–H groups in total. The molecule has 18 heavy (non-hydrogen) atoms. The van der Waals surface area contributed by atoms with E-state index in [9.17, 15) is 9.59 Å². The van der Waals surface area contributed by atoms with Crippen molar-refractivity contribution in [1.29, 1.82) is 0 Å². The molecule has 9 nitrogen and oxygen atoms in total. The first-order valence-electron chi connectivity index (χ1n) is 4.83. The minimum absolute atomic E-state index is 0.0258. The van der Waals surface area contributed by atoms with E-state index in [1.807, 2.05) is 0 Å².